The van der Waals surface area contributed by atoms with Gasteiger partial charge in [-0.15, -0.1) is 0 Å². The molecule has 27 heavy (non-hydrogen) atoms. The summed E-state index contributed by atoms with van der Waals surface area (Å²) in [6, 6.07) is 5.51. The van der Waals surface area contributed by atoms with E-state index in [1.807, 2.05) is 21.5 Å². The van der Waals surface area contributed by atoms with Gasteiger partial charge in [0.15, 0.2) is 0 Å². The molecule has 4 rings (SSSR count). The maximum atomic E-state index is 12.6. The summed E-state index contributed by atoms with van der Waals surface area (Å²) in [7, 11) is 0. The maximum Gasteiger partial charge on any atom is 0.251 e. The number of rotatable bonds is 5. The summed E-state index contributed by atoms with van der Waals surface area (Å²) in [5.74, 6) is 0.614. The average Bonchev–Trinajstić information content (AvgIpc) is 3.05. The molecule has 0 aromatic carbocycles. The maximum absolute atomic E-state index is 12.6. The van der Waals surface area contributed by atoms with E-state index in [9.17, 15) is 9.59 Å². The number of hydrogen-bond acceptors (Lipinski definition) is 4. The highest BCUT2D eigenvalue weighted by atomic mass is 35.5. The molecule has 2 aliphatic rings. The third-order valence-electron chi connectivity index (χ3n) is 5.68. The first kappa shape index (κ1) is 18.3. The van der Waals surface area contributed by atoms with E-state index in [0.717, 1.165) is 38.3 Å². The highest BCUT2D eigenvalue weighted by Gasteiger charge is 2.40. The van der Waals surface area contributed by atoms with Crippen molar-refractivity contribution in [3.05, 3.63) is 51.7 Å². The van der Waals surface area contributed by atoms with E-state index in [4.69, 9.17) is 11.6 Å². The number of likely N-dealkylation sites (tertiary alicyclic amines) is 1. The summed E-state index contributed by atoms with van der Waals surface area (Å²) in [5, 5.41) is 7.81. The molecule has 1 saturated heterocycles. The lowest BCUT2D eigenvalue weighted by Crippen LogP contribution is -2.52. The minimum atomic E-state index is -0.0640. The van der Waals surface area contributed by atoms with Crippen LogP contribution in [0.4, 0.5) is 0 Å². The van der Waals surface area contributed by atoms with Gasteiger partial charge in [0, 0.05) is 57.0 Å². The number of fused-ring (bicyclic) bond motifs is 4. The first-order chi connectivity index (χ1) is 13.0. The van der Waals surface area contributed by atoms with E-state index in [2.05, 4.69) is 21.4 Å². The molecule has 2 aliphatic heterocycles. The average molecular weight is 390 g/mol. The number of hydrogen-bond donors (Lipinski definition) is 1. The van der Waals surface area contributed by atoms with E-state index in [-0.39, 0.29) is 17.5 Å². The molecule has 1 fully saturated rings. The van der Waals surface area contributed by atoms with Gasteiger partial charge in [-0.05, 0) is 18.4 Å². The van der Waals surface area contributed by atoms with Gasteiger partial charge in [0.2, 0.25) is 5.91 Å². The number of aromatic nitrogens is 3. The Balaban J connectivity index is 1.55. The molecule has 144 valence electrons. The number of nitrogens with one attached hydrogen (secondary N) is 1. The zero-order valence-electron chi connectivity index (χ0n) is 15.3. The molecule has 0 spiro atoms. The highest BCUT2D eigenvalue weighted by molar-refractivity contribution is 6.30. The van der Waals surface area contributed by atoms with Gasteiger partial charge < -0.3 is 14.8 Å². The van der Waals surface area contributed by atoms with Gasteiger partial charge in [0.1, 0.15) is 0 Å². The smallest absolute Gasteiger partial charge is 0.251 e. The molecule has 0 saturated carbocycles. The minimum Gasteiger partial charge on any atom is -0.354 e. The molecular formula is C19H24ClN5O2. The first-order valence-corrected chi connectivity index (χ1v) is 9.75. The van der Waals surface area contributed by atoms with Crippen molar-refractivity contribution in [3.63, 3.8) is 0 Å². The molecule has 4 heterocycles. The van der Waals surface area contributed by atoms with Crippen molar-refractivity contribution in [3.8, 4) is 0 Å². The van der Waals surface area contributed by atoms with E-state index in [0.29, 0.717) is 23.4 Å². The fourth-order valence-electron chi connectivity index (χ4n) is 4.53. The molecule has 0 unspecified atom stereocenters. The van der Waals surface area contributed by atoms with Crippen molar-refractivity contribution < 1.29 is 4.79 Å². The Bertz CT molecular complexity index is 892. The molecule has 1 N–H and O–H groups in total. The van der Waals surface area contributed by atoms with Crippen molar-refractivity contribution >= 4 is 17.5 Å². The SMILES string of the molecule is CC(=O)NC[C@H]1[C@H]2C[C@H](CN(CCn3cc(Cl)cn3)C2)c2cccc(=O)n21. The van der Waals surface area contributed by atoms with Crippen LogP contribution >= 0.6 is 11.6 Å². The third-order valence-corrected chi connectivity index (χ3v) is 5.88. The number of halogens is 1. The number of amides is 1. The summed E-state index contributed by atoms with van der Waals surface area (Å²) >= 11 is 5.95. The van der Waals surface area contributed by atoms with E-state index < -0.39 is 0 Å². The van der Waals surface area contributed by atoms with Crippen LogP contribution < -0.4 is 10.9 Å². The summed E-state index contributed by atoms with van der Waals surface area (Å²) in [6.45, 7) is 5.52. The second-order valence-corrected chi connectivity index (χ2v) is 7.97. The Morgan fingerprint density at radius 3 is 2.93 bits per heavy atom. The van der Waals surface area contributed by atoms with Crippen LogP contribution in [0.3, 0.4) is 0 Å². The Kier molecular flexibility index (Phi) is 5.06. The van der Waals surface area contributed by atoms with E-state index in [1.54, 1.807) is 12.3 Å². The van der Waals surface area contributed by atoms with Gasteiger partial charge >= 0.3 is 0 Å². The highest BCUT2D eigenvalue weighted by Crippen LogP contribution is 2.40. The normalized spacial score (nSPS) is 24.4. The molecule has 0 radical (unpaired) electrons. The molecule has 2 aromatic heterocycles. The van der Waals surface area contributed by atoms with Gasteiger partial charge in [0.25, 0.3) is 5.56 Å². The fraction of sp³-hybridized carbons (Fsp3) is 0.526. The minimum absolute atomic E-state index is 0.00389. The van der Waals surface area contributed by atoms with Crippen LogP contribution in [0.15, 0.2) is 35.4 Å². The van der Waals surface area contributed by atoms with Crippen LogP contribution in [0, 0.1) is 5.92 Å². The standard InChI is InChI=1S/C19H24ClN5O2/c1-13(26)21-9-18-15-7-14(17-3-2-4-19(27)25(17)18)10-23(11-15)5-6-24-12-16(20)8-22-24/h2-4,8,12,14-15,18H,5-7,9-11H2,1H3,(H,21,26)/t14-,15+,18+/m1/s1. The quantitative estimate of drug-likeness (QED) is 0.841. The molecular weight excluding hydrogens is 366 g/mol. The molecule has 7 nitrogen and oxygen atoms in total. The van der Waals surface area contributed by atoms with Gasteiger partial charge in [-0.3, -0.25) is 14.3 Å². The second-order valence-electron chi connectivity index (χ2n) is 7.54. The van der Waals surface area contributed by atoms with Gasteiger partial charge in [-0.2, -0.15) is 5.10 Å². The number of pyridine rings is 1. The van der Waals surface area contributed by atoms with Gasteiger partial charge in [-0.25, -0.2) is 0 Å². The number of nitrogens with zero attached hydrogens (tertiary/aromatic N) is 4. The Morgan fingerprint density at radius 1 is 1.33 bits per heavy atom. The molecule has 8 heteroatoms. The lowest BCUT2D eigenvalue weighted by molar-refractivity contribution is -0.119. The topological polar surface area (TPSA) is 72.2 Å². The lowest BCUT2D eigenvalue weighted by atomic mass is 9.78. The number of piperidine rings is 1. The monoisotopic (exact) mass is 389 g/mol. The summed E-state index contributed by atoms with van der Waals surface area (Å²) in [6.07, 6.45) is 4.54. The van der Waals surface area contributed by atoms with Crippen molar-refractivity contribution in [1.29, 1.82) is 0 Å². The van der Waals surface area contributed by atoms with Crippen LogP contribution in [-0.2, 0) is 11.3 Å². The predicted octanol–water partition coefficient (Wildman–Crippen LogP) is 1.49. The zero-order valence-corrected chi connectivity index (χ0v) is 16.1. The Hall–Kier alpha value is -2.12. The van der Waals surface area contributed by atoms with Crippen molar-refractivity contribution in [2.24, 2.45) is 5.92 Å². The number of carbonyl (C=O) groups is 1. The van der Waals surface area contributed by atoms with E-state index >= 15 is 0 Å². The number of carbonyl (C=O) groups excluding carboxylic acids is 1. The summed E-state index contributed by atoms with van der Waals surface area (Å²) in [5.41, 5.74) is 1.11. The van der Waals surface area contributed by atoms with E-state index in [1.165, 1.54) is 6.92 Å². The second kappa shape index (κ2) is 7.48. The molecule has 1 amide bonds. The molecule has 0 aliphatic carbocycles. The van der Waals surface area contributed by atoms with Gasteiger partial charge in [0.05, 0.1) is 23.8 Å². The first-order valence-electron chi connectivity index (χ1n) is 9.37. The third kappa shape index (κ3) is 3.80. The fourth-order valence-corrected chi connectivity index (χ4v) is 4.69. The van der Waals surface area contributed by atoms with Crippen molar-refractivity contribution in [2.75, 3.05) is 26.2 Å². The molecule has 2 aromatic rings. The largest absolute Gasteiger partial charge is 0.354 e. The van der Waals surface area contributed by atoms with Crippen molar-refractivity contribution in [1.82, 2.24) is 24.6 Å². The van der Waals surface area contributed by atoms with Crippen molar-refractivity contribution in [2.45, 2.75) is 31.8 Å². The predicted molar refractivity (Wildman–Crippen MR) is 103 cm³/mol. The lowest BCUT2D eigenvalue weighted by Gasteiger charge is -2.47. The van der Waals surface area contributed by atoms with Crippen LogP contribution in [0.25, 0.3) is 0 Å². The van der Waals surface area contributed by atoms with Crippen LogP contribution in [-0.4, -0.2) is 51.3 Å². The summed E-state index contributed by atoms with van der Waals surface area (Å²) < 4.78 is 3.78. The Morgan fingerprint density at radius 2 is 2.19 bits per heavy atom. The van der Waals surface area contributed by atoms with Crippen LogP contribution in [0.2, 0.25) is 5.02 Å². The Labute approximate surface area is 162 Å². The van der Waals surface area contributed by atoms with Crippen LogP contribution in [0.5, 0.6) is 0 Å². The molecule has 2 bridgehead atoms. The van der Waals surface area contributed by atoms with Crippen LogP contribution in [0.1, 0.15) is 31.0 Å². The molecule has 3 atom stereocenters. The zero-order chi connectivity index (χ0) is 19.0. The van der Waals surface area contributed by atoms with Gasteiger partial charge in [-0.1, -0.05) is 17.7 Å². The summed E-state index contributed by atoms with van der Waals surface area (Å²) in [4.78, 5) is 26.5.